The van der Waals surface area contributed by atoms with E-state index in [0.717, 1.165) is 0 Å². The summed E-state index contributed by atoms with van der Waals surface area (Å²) >= 11 is 0. The molecule has 0 heterocycles. The molecule has 0 saturated carbocycles. The first-order chi connectivity index (χ1) is 12.4. The van der Waals surface area contributed by atoms with E-state index in [1.165, 1.54) is 25.1 Å². The fraction of sp³-hybridized carbons (Fsp3) is 0.167. The molecule has 0 saturated heterocycles. The maximum Gasteiger partial charge on any atom is 0.342 e. The molecule has 7 nitrogen and oxygen atoms in total. The van der Waals surface area contributed by atoms with Gasteiger partial charge in [-0.05, 0) is 36.8 Å². The lowest BCUT2D eigenvalue weighted by Crippen LogP contribution is -2.42. The average molecular weight is 360 g/mol. The Morgan fingerprint density at radius 1 is 1.12 bits per heavy atom. The number of hydrogen-bond acceptors (Lipinski definition) is 5. The van der Waals surface area contributed by atoms with Crippen LogP contribution in [0.3, 0.4) is 0 Å². The molecular weight excluding hydrogens is 343 g/mol. The van der Waals surface area contributed by atoms with Crippen molar-refractivity contribution in [3.8, 4) is 5.75 Å². The van der Waals surface area contributed by atoms with Gasteiger partial charge >= 0.3 is 12.0 Å². The SMILES string of the molecule is C[C@@H](OC(=O)c1ccccc1OCc1ccc(F)cc1)C(=O)NC(N)=O. The average Bonchev–Trinajstić information content (AvgIpc) is 2.60. The van der Waals surface area contributed by atoms with Gasteiger partial charge in [-0.3, -0.25) is 10.1 Å². The smallest absolute Gasteiger partial charge is 0.342 e. The standard InChI is InChI=1S/C18H17FN2O5/c1-11(16(22)21-18(20)24)26-17(23)14-4-2-3-5-15(14)25-10-12-6-8-13(19)9-7-12/h2-9,11H,10H2,1H3,(H3,20,21,22,24)/t11-/m1/s1. The van der Waals surface area contributed by atoms with E-state index in [1.54, 1.807) is 30.3 Å². The quantitative estimate of drug-likeness (QED) is 0.768. The van der Waals surface area contributed by atoms with Crippen LogP contribution in [0.5, 0.6) is 5.75 Å². The third-order valence-corrected chi connectivity index (χ3v) is 3.31. The van der Waals surface area contributed by atoms with Crippen LogP contribution in [0.1, 0.15) is 22.8 Å². The number of halogens is 1. The molecule has 0 bridgehead atoms. The van der Waals surface area contributed by atoms with Crippen molar-refractivity contribution in [2.24, 2.45) is 5.73 Å². The number of ether oxygens (including phenoxy) is 2. The van der Waals surface area contributed by atoms with Gasteiger partial charge < -0.3 is 15.2 Å². The van der Waals surface area contributed by atoms with Gasteiger partial charge in [0.2, 0.25) is 0 Å². The van der Waals surface area contributed by atoms with Gasteiger partial charge in [0.1, 0.15) is 23.7 Å². The number of rotatable bonds is 6. The lowest BCUT2D eigenvalue weighted by molar-refractivity contribution is -0.127. The highest BCUT2D eigenvalue weighted by Crippen LogP contribution is 2.21. The number of carbonyl (C=O) groups is 3. The molecule has 1 atom stereocenters. The summed E-state index contributed by atoms with van der Waals surface area (Å²) in [5, 5.41) is 1.83. The molecule has 3 N–H and O–H groups in total. The van der Waals surface area contributed by atoms with Crippen LogP contribution >= 0.6 is 0 Å². The Hall–Kier alpha value is -3.42. The van der Waals surface area contributed by atoms with Crippen molar-refractivity contribution in [3.63, 3.8) is 0 Å². The van der Waals surface area contributed by atoms with Crippen molar-refractivity contribution in [1.82, 2.24) is 5.32 Å². The minimum absolute atomic E-state index is 0.105. The molecule has 0 fully saturated rings. The van der Waals surface area contributed by atoms with E-state index in [4.69, 9.17) is 15.2 Å². The van der Waals surface area contributed by atoms with Crippen LogP contribution in [-0.4, -0.2) is 24.0 Å². The van der Waals surface area contributed by atoms with Crippen molar-refractivity contribution in [1.29, 1.82) is 0 Å². The molecule has 2 aromatic carbocycles. The van der Waals surface area contributed by atoms with Crippen molar-refractivity contribution in [3.05, 3.63) is 65.5 Å². The molecule has 136 valence electrons. The lowest BCUT2D eigenvalue weighted by Gasteiger charge is -2.14. The topological polar surface area (TPSA) is 108 Å². The van der Waals surface area contributed by atoms with E-state index < -0.39 is 24.0 Å². The monoisotopic (exact) mass is 360 g/mol. The molecule has 0 radical (unpaired) electrons. The van der Waals surface area contributed by atoms with Gasteiger partial charge in [0, 0.05) is 0 Å². The second-order valence-corrected chi connectivity index (χ2v) is 5.31. The predicted octanol–water partition coefficient (Wildman–Crippen LogP) is 2.14. The van der Waals surface area contributed by atoms with Crippen LogP contribution < -0.4 is 15.8 Å². The Bertz CT molecular complexity index is 807. The van der Waals surface area contributed by atoms with E-state index in [1.807, 2.05) is 5.32 Å². The van der Waals surface area contributed by atoms with Crippen LogP contribution in [0.4, 0.5) is 9.18 Å². The van der Waals surface area contributed by atoms with Crippen molar-refractivity contribution < 1.29 is 28.2 Å². The first-order valence-electron chi connectivity index (χ1n) is 7.64. The zero-order valence-electron chi connectivity index (χ0n) is 13.9. The third kappa shape index (κ3) is 5.30. The zero-order valence-corrected chi connectivity index (χ0v) is 13.9. The van der Waals surface area contributed by atoms with Crippen LogP contribution in [0, 0.1) is 5.82 Å². The lowest BCUT2D eigenvalue weighted by atomic mass is 10.2. The zero-order chi connectivity index (χ0) is 19.1. The Kier molecular flexibility index (Phi) is 6.26. The number of amides is 3. The molecule has 0 aliphatic heterocycles. The van der Waals surface area contributed by atoms with E-state index >= 15 is 0 Å². The third-order valence-electron chi connectivity index (χ3n) is 3.31. The minimum Gasteiger partial charge on any atom is -0.488 e. The first kappa shape index (κ1) is 18.9. The maximum atomic E-state index is 12.9. The summed E-state index contributed by atoms with van der Waals surface area (Å²) in [4.78, 5) is 34.5. The number of carbonyl (C=O) groups excluding carboxylic acids is 3. The summed E-state index contributed by atoms with van der Waals surface area (Å²) in [7, 11) is 0. The summed E-state index contributed by atoms with van der Waals surface area (Å²) in [5.74, 6) is -1.76. The van der Waals surface area contributed by atoms with Gasteiger partial charge in [-0.25, -0.2) is 14.0 Å². The molecule has 0 aromatic heterocycles. The number of para-hydroxylation sites is 1. The molecule has 8 heteroatoms. The molecular formula is C18H17FN2O5. The summed E-state index contributed by atoms with van der Waals surface area (Å²) < 4.78 is 23.5. The summed E-state index contributed by atoms with van der Waals surface area (Å²) in [5.41, 5.74) is 5.66. The molecule has 0 aliphatic rings. The first-order valence-corrected chi connectivity index (χ1v) is 7.64. The predicted molar refractivity (Wildman–Crippen MR) is 89.8 cm³/mol. The highest BCUT2D eigenvalue weighted by atomic mass is 19.1. The van der Waals surface area contributed by atoms with E-state index in [-0.39, 0.29) is 23.7 Å². The number of nitrogens with two attached hydrogens (primary N) is 1. The Labute approximate surface area is 148 Å². The number of benzene rings is 2. The number of imide groups is 1. The minimum atomic E-state index is -1.22. The Balaban J connectivity index is 2.05. The molecule has 2 rings (SSSR count). The molecule has 2 aromatic rings. The summed E-state index contributed by atoms with van der Waals surface area (Å²) in [6.07, 6.45) is -1.22. The fourth-order valence-electron chi connectivity index (χ4n) is 2.00. The second-order valence-electron chi connectivity index (χ2n) is 5.31. The van der Waals surface area contributed by atoms with Gasteiger partial charge in [-0.2, -0.15) is 0 Å². The van der Waals surface area contributed by atoms with Crippen LogP contribution in [0.25, 0.3) is 0 Å². The van der Waals surface area contributed by atoms with Gasteiger partial charge in [-0.1, -0.05) is 24.3 Å². The molecule has 0 spiro atoms. The number of urea groups is 1. The van der Waals surface area contributed by atoms with E-state index in [9.17, 15) is 18.8 Å². The molecule has 0 unspecified atom stereocenters. The number of esters is 1. The highest BCUT2D eigenvalue weighted by Gasteiger charge is 2.22. The largest absolute Gasteiger partial charge is 0.488 e. The van der Waals surface area contributed by atoms with Crippen molar-refractivity contribution in [2.75, 3.05) is 0 Å². The number of primary amides is 1. The normalized spacial score (nSPS) is 11.3. The van der Waals surface area contributed by atoms with Crippen LogP contribution in [0.15, 0.2) is 48.5 Å². The van der Waals surface area contributed by atoms with E-state index in [2.05, 4.69) is 0 Å². The fourth-order valence-corrected chi connectivity index (χ4v) is 2.00. The Morgan fingerprint density at radius 3 is 2.42 bits per heavy atom. The summed E-state index contributed by atoms with van der Waals surface area (Å²) in [6.45, 7) is 1.42. The van der Waals surface area contributed by atoms with Gasteiger partial charge in [0.25, 0.3) is 5.91 Å². The molecule has 26 heavy (non-hydrogen) atoms. The van der Waals surface area contributed by atoms with Crippen molar-refractivity contribution in [2.45, 2.75) is 19.6 Å². The number of nitrogens with one attached hydrogen (secondary N) is 1. The van der Waals surface area contributed by atoms with Crippen molar-refractivity contribution >= 4 is 17.9 Å². The molecule has 0 aliphatic carbocycles. The number of hydrogen-bond donors (Lipinski definition) is 2. The highest BCUT2D eigenvalue weighted by molar-refractivity contribution is 5.98. The summed E-state index contributed by atoms with van der Waals surface area (Å²) in [6, 6.07) is 11.0. The maximum absolute atomic E-state index is 12.9. The van der Waals surface area contributed by atoms with Crippen LogP contribution in [-0.2, 0) is 16.1 Å². The Morgan fingerprint density at radius 2 is 1.77 bits per heavy atom. The molecule has 3 amide bonds. The second kappa shape index (κ2) is 8.61. The van der Waals surface area contributed by atoms with Crippen LogP contribution in [0.2, 0.25) is 0 Å². The van der Waals surface area contributed by atoms with Gasteiger partial charge in [0.05, 0.1) is 0 Å². The van der Waals surface area contributed by atoms with Gasteiger partial charge in [0.15, 0.2) is 6.10 Å². The van der Waals surface area contributed by atoms with Gasteiger partial charge in [-0.15, -0.1) is 0 Å². The van der Waals surface area contributed by atoms with E-state index in [0.29, 0.717) is 5.56 Å².